The van der Waals surface area contributed by atoms with Gasteiger partial charge in [0.1, 0.15) is 10.8 Å². The minimum absolute atomic E-state index is 0.0818. The largest absolute Gasteiger partial charge is 0.479 e. The van der Waals surface area contributed by atoms with Gasteiger partial charge in [0.25, 0.3) is 0 Å². The Bertz CT molecular complexity index is 927. The van der Waals surface area contributed by atoms with E-state index in [4.69, 9.17) is 0 Å². The van der Waals surface area contributed by atoms with Crippen LogP contribution >= 0.6 is 11.3 Å². The molecule has 0 bridgehead atoms. The number of halogens is 1. The summed E-state index contributed by atoms with van der Waals surface area (Å²) in [5.41, 5.74) is 1.32. The van der Waals surface area contributed by atoms with E-state index in [0.717, 1.165) is 0 Å². The van der Waals surface area contributed by atoms with Crippen molar-refractivity contribution in [2.45, 2.75) is 12.5 Å². The van der Waals surface area contributed by atoms with Crippen LogP contribution in [0.3, 0.4) is 0 Å². The molecule has 1 aromatic heterocycles. The zero-order valence-corrected chi connectivity index (χ0v) is 14.4. The number of carbonyl (C=O) groups is 2. The molecule has 5 nitrogen and oxygen atoms in total. The molecule has 1 atom stereocenters. The molecule has 0 radical (unpaired) electrons. The van der Waals surface area contributed by atoms with Gasteiger partial charge < -0.3 is 10.4 Å². The molecule has 0 aliphatic carbocycles. The molecule has 7 heteroatoms. The second-order valence-corrected chi connectivity index (χ2v) is 6.41. The van der Waals surface area contributed by atoms with E-state index in [9.17, 15) is 19.1 Å². The third-order valence-corrected chi connectivity index (χ3v) is 4.61. The molecule has 132 valence electrons. The summed E-state index contributed by atoms with van der Waals surface area (Å²) in [5.74, 6) is -1.99. The van der Waals surface area contributed by atoms with Gasteiger partial charge in [-0.2, -0.15) is 0 Å². The van der Waals surface area contributed by atoms with Crippen molar-refractivity contribution in [2.75, 3.05) is 0 Å². The average molecular weight is 370 g/mol. The van der Waals surface area contributed by atoms with Crippen LogP contribution in [0.15, 0.2) is 60.0 Å². The van der Waals surface area contributed by atoms with Crippen LogP contribution in [-0.2, 0) is 16.0 Å². The monoisotopic (exact) mass is 370 g/mol. The standard InChI is InChI=1S/C19H15FN2O3S/c20-15-9-5-4-8-14(15)18-21-13(11-26-18)10-16(23)22-17(19(24)25)12-6-2-1-3-7-12/h1-9,11,17H,10H2,(H,22,23)(H,24,25)/t17-/m1/s1. The number of aliphatic carboxylic acids is 1. The minimum Gasteiger partial charge on any atom is -0.479 e. The van der Waals surface area contributed by atoms with Gasteiger partial charge >= 0.3 is 5.97 Å². The summed E-state index contributed by atoms with van der Waals surface area (Å²) >= 11 is 1.23. The van der Waals surface area contributed by atoms with Crippen LogP contribution in [0.25, 0.3) is 10.6 Å². The fourth-order valence-corrected chi connectivity index (χ4v) is 3.30. The molecule has 0 unspecified atom stereocenters. The van der Waals surface area contributed by atoms with Crippen molar-refractivity contribution in [3.05, 3.63) is 77.1 Å². The smallest absolute Gasteiger partial charge is 0.330 e. The van der Waals surface area contributed by atoms with Gasteiger partial charge in [-0.15, -0.1) is 11.3 Å². The lowest BCUT2D eigenvalue weighted by molar-refractivity contribution is -0.142. The number of aromatic nitrogens is 1. The van der Waals surface area contributed by atoms with E-state index in [1.165, 1.54) is 17.4 Å². The van der Waals surface area contributed by atoms with E-state index in [1.54, 1.807) is 53.9 Å². The molecule has 26 heavy (non-hydrogen) atoms. The molecule has 1 heterocycles. The lowest BCUT2D eigenvalue weighted by atomic mass is 10.1. The Hall–Kier alpha value is -3.06. The van der Waals surface area contributed by atoms with Gasteiger partial charge in [-0.3, -0.25) is 4.79 Å². The SMILES string of the molecule is O=C(Cc1csc(-c2ccccc2F)n1)N[C@@H](C(=O)O)c1ccccc1. The van der Waals surface area contributed by atoms with Crippen LogP contribution in [0, 0.1) is 5.82 Å². The van der Waals surface area contributed by atoms with Crippen molar-refractivity contribution < 1.29 is 19.1 Å². The quantitative estimate of drug-likeness (QED) is 0.697. The fourth-order valence-electron chi connectivity index (χ4n) is 2.46. The Balaban J connectivity index is 1.70. The Kier molecular flexibility index (Phi) is 5.38. The van der Waals surface area contributed by atoms with E-state index < -0.39 is 17.9 Å². The van der Waals surface area contributed by atoms with Crippen LogP contribution < -0.4 is 5.32 Å². The maximum atomic E-state index is 13.8. The second-order valence-electron chi connectivity index (χ2n) is 5.55. The molecule has 0 saturated heterocycles. The summed E-state index contributed by atoms with van der Waals surface area (Å²) < 4.78 is 13.8. The number of thiazole rings is 1. The molecule has 2 N–H and O–H groups in total. The highest BCUT2D eigenvalue weighted by atomic mass is 32.1. The van der Waals surface area contributed by atoms with E-state index >= 15 is 0 Å². The van der Waals surface area contributed by atoms with Crippen LogP contribution in [0.4, 0.5) is 4.39 Å². The summed E-state index contributed by atoms with van der Waals surface area (Å²) in [6.07, 6.45) is -0.0818. The summed E-state index contributed by atoms with van der Waals surface area (Å²) in [5, 5.41) is 14.0. The van der Waals surface area contributed by atoms with Crippen molar-refractivity contribution in [2.24, 2.45) is 0 Å². The summed E-state index contributed by atoms with van der Waals surface area (Å²) in [6.45, 7) is 0. The second kappa shape index (κ2) is 7.88. The Morgan fingerprint density at radius 2 is 1.81 bits per heavy atom. The van der Waals surface area contributed by atoms with E-state index in [2.05, 4.69) is 10.3 Å². The van der Waals surface area contributed by atoms with Crippen LogP contribution in [0.1, 0.15) is 17.3 Å². The highest BCUT2D eigenvalue weighted by molar-refractivity contribution is 7.13. The first kappa shape index (κ1) is 17.8. The fraction of sp³-hybridized carbons (Fsp3) is 0.105. The minimum atomic E-state index is -1.14. The number of carboxylic acids is 1. The maximum Gasteiger partial charge on any atom is 0.330 e. The number of amides is 1. The summed E-state index contributed by atoms with van der Waals surface area (Å²) in [6, 6.07) is 13.6. The third-order valence-electron chi connectivity index (χ3n) is 3.68. The van der Waals surface area contributed by atoms with Crippen LogP contribution in [0.5, 0.6) is 0 Å². The van der Waals surface area contributed by atoms with Crippen LogP contribution in [-0.4, -0.2) is 22.0 Å². The Labute approximate surface area is 153 Å². The lowest BCUT2D eigenvalue weighted by Crippen LogP contribution is -2.34. The predicted octanol–water partition coefficient (Wildman–Crippen LogP) is 3.43. The zero-order chi connectivity index (χ0) is 18.5. The highest BCUT2D eigenvalue weighted by Gasteiger charge is 2.22. The molecular weight excluding hydrogens is 355 g/mol. The Morgan fingerprint density at radius 3 is 2.50 bits per heavy atom. The van der Waals surface area contributed by atoms with Gasteiger partial charge in [0.15, 0.2) is 6.04 Å². The highest BCUT2D eigenvalue weighted by Crippen LogP contribution is 2.26. The number of hydrogen-bond donors (Lipinski definition) is 2. The van der Waals surface area contributed by atoms with Gasteiger partial charge in [0, 0.05) is 10.9 Å². The number of hydrogen-bond acceptors (Lipinski definition) is 4. The van der Waals surface area contributed by atoms with Crippen molar-refractivity contribution in [3.63, 3.8) is 0 Å². The van der Waals surface area contributed by atoms with Gasteiger partial charge in [-0.1, -0.05) is 42.5 Å². The molecular formula is C19H15FN2O3S. The van der Waals surface area contributed by atoms with Crippen molar-refractivity contribution >= 4 is 23.2 Å². The number of rotatable bonds is 6. The number of carbonyl (C=O) groups excluding carboxylic acids is 1. The molecule has 0 aliphatic heterocycles. The maximum absolute atomic E-state index is 13.8. The first-order valence-electron chi connectivity index (χ1n) is 7.81. The molecule has 3 aromatic rings. The van der Waals surface area contributed by atoms with Gasteiger partial charge in [0.2, 0.25) is 5.91 Å². The van der Waals surface area contributed by atoms with E-state index in [1.807, 2.05) is 0 Å². The molecule has 3 rings (SSSR count). The Morgan fingerprint density at radius 1 is 1.12 bits per heavy atom. The van der Waals surface area contributed by atoms with E-state index in [0.29, 0.717) is 21.8 Å². The lowest BCUT2D eigenvalue weighted by Gasteiger charge is -2.14. The van der Waals surface area contributed by atoms with Gasteiger partial charge in [-0.05, 0) is 17.7 Å². The number of nitrogens with zero attached hydrogens (tertiary/aromatic N) is 1. The van der Waals surface area contributed by atoms with Gasteiger partial charge in [-0.25, -0.2) is 14.2 Å². The zero-order valence-electron chi connectivity index (χ0n) is 13.6. The topological polar surface area (TPSA) is 79.3 Å². The molecule has 0 aliphatic rings. The first-order chi connectivity index (χ1) is 12.5. The molecule has 1 amide bonds. The third kappa shape index (κ3) is 4.12. The normalized spacial score (nSPS) is 11.7. The van der Waals surface area contributed by atoms with Crippen LogP contribution in [0.2, 0.25) is 0 Å². The van der Waals surface area contributed by atoms with Gasteiger partial charge in [0.05, 0.1) is 12.1 Å². The summed E-state index contributed by atoms with van der Waals surface area (Å²) in [4.78, 5) is 28.0. The molecule has 2 aromatic carbocycles. The predicted molar refractivity (Wildman–Crippen MR) is 96.2 cm³/mol. The van der Waals surface area contributed by atoms with Crippen molar-refractivity contribution in [1.82, 2.24) is 10.3 Å². The molecule has 0 fully saturated rings. The number of nitrogens with one attached hydrogen (secondary N) is 1. The van der Waals surface area contributed by atoms with Crippen molar-refractivity contribution in [1.29, 1.82) is 0 Å². The molecule has 0 saturated carbocycles. The van der Waals surface area contributed by atoms with Crippen molar-refractivity contribution in [3.8, 4) is 10.6 Å². The summed E-state index contributed by atoms with van der Waals surface area (Å²) in [7, 11) is 0. The average Bonchev–Trinajstić information content (AvgIpc) is 3.08. The number of benzene rings is 2. The first-order valence-corrected chi connectivity index (χ1v) is 8.69. The van der Waals surface area contributed by atoms with E-state index in [-0.39, 0.29) is 12.2 Å². The molecule has 0 spiro atoms. The number of carboxylic acid groups (broad SMARTS) is 1.